The van der Waals surface area contributed by atoms with E-state index in [0.717, 1.165) is 55.7 Å². The van der Waals surface area contributed by atoms with Crippen molar-refractivity contribution in [1.82, 2.24) is 15.3 Å². The molecule has 2 fully saturated rings. The average molecular weight is 373 g/mol. The lowest BCUT2D eigenvalue weighted by Gasteiger charge is -2.21. The Hall–Kier alpha value is -2.32. The first-order chi connectivity index (χ1) is 13.2. The van der Waals surface area contributed by atoms with Gasteiger partial charge < -0.3 is 30.1 Å². The molecule has 2 aromatic rings. The standard InChI is InChI=1S/C19H27N5O3/c1-26-16-7-14-15(8-17(16)27-2)22-19(24-6-4-12(10-24)11-25)23-18(14)21-13-3-5-20-9-13/h7-8,12-13,20,25H,3-6,9-11H2,1-2H3,(H,21,22,23)/t12?,13-/m0/s1. The van der Waals surface area contributed by atoms with Gasteiger partial charge in [0, 0.05) is 49.7 Å². The van der Waals surface area contributed by atoms with Crippen LogP contribution in [-0.4, -0.2) is 68.1 Å². The predicted molar refractivity (Wildman–Crippen MR) is 105 cm³/mol. The number of methoxy groups -OCH3 is 2. The van der Waals surface area contributed by atoms with Crippen LogP contribution in [0.3, 0.4) is 0 Å². The second-order valence-electron chi connectivity index (χ2n) is 7.21. The topological polar surface area (TPSA) is 91.8 Å². The van der Waals surface area contributed by atoms with Crippen molar-refractivity contribution in [2.45, 2.75) is 18.9 Å². The van der Waals surface area contributed by atoms with Gasteiger partial charge in [-0.25, -0.2) is 4.98 Å². The average Bonchev–Trinajstić information content (AvgIpc) is 3.38. The van der Waals surface area contributed by atoms with Crippen LogP contribution < -0.4 is 25.0 Å². The summed E-state index contributed by atoms with van der Waals surface area (Å²) in [6.45, 7) is 3.77. The largest absolute Gasteiger partial charge is 0.493 e. The Morgan fingerprint density at radius 2 is 2.04 bits per heavy atom. The molecule has 1 aromatic heterocycles. The number of nitrogens with zero attached hydrogens (tertiary/aromatic N) is 3. The number of benzene rings is 1. The van der Waals surface area contributed by atoms with Gasteiger partial charge in [0.25, 0.3) is 0 Å². The van der Waals surface area contributed by atoms with Crippen molar-refractivity contribution in [3.63, 3.8) is 0 Å². The summed E-state index contributed by atoms with van der Waals surface area (Å²) in [5.74, 6) is 3.11. The van der Waals surface area contributed by atoms with Gasteiger partial charge in [-0.1, -0.05) is 0 Å². The molecule has 0 amide bonds. The molecule has 2 aliphatic heterocycles. The van der Waals surface area contributed by atoms with Crippen LogP contribution in [0.2, 0.25) is 0 Å². The summed E-state index contributed by atoms with van der Waals surface area (Å²) in [4.78, 5) is 11.8. The van der Waals surface area contributed by atoms with Crippen molar-refractivity contribution >= 4 is 22.7 Å². The molecule has 8 heteroatoms. The number of aromatic nitrogens is 2. The number of aliphatic hydroxyl groups is 1. The van der Waals surface area contributed by atoms with Crippen LogP contribution in [0.5, 0.6) is 11.5 Å². The third kappa shape index (κ3) is 3.59. The van der Waals surface area contributed by atoms with Crippen LogP contribution in [0.4, 0.5) is 11.8 Å². The first kappa shape index (κ1) is 18.1. The van der Waals surface area contributed by atoms with Crippen molar-refractivity contribution in [2.75, 3.05) is 57.2 Å². The fraction of sp³-hybridized carbons (Fsp3) is 0.579. The Labute approximate surface area is 158 Å². The van der Waals surface area contributed by atoms with E-state index in [0.29, 0.717) is 23.5 Å². The predicted octanol–water partition coefficient (Wildman–Crippen LogP) is 1.24. The van der Waals surface area contributed by atoms with E-state index in [-0.39, 0.29) is 12.5 Å². The van der Waals surface area contributed by atoms with Crippen LogP contribution in [0.25, 0.3) is 10.9 Å². The highest BCUT2D eigenvalue weighted by molar-refractivity contribution is 5.93. The summed E-state index contributed by atoms with van der Waals surface area (Å²) >= 11 is 0. The summed E-state index contributed by atoms with van der Waals surface area (Å²) in [5, 5.41) is 17.3. The van der Waals surface area contributed by atoms with Crippen molar-refractivity contribution in [3.05, 3.63) is 12.1 Å². The lowest BCUT2D eigenvalue weighted by Crippen LogP contribution is -2.26. The first-order valence-electron chi connectivity index (χ1n) is 9.48. The van der Waals surface area contributed by atoms with Crippen molar-refractivity contribution in [3.8, 4) is 11.5 Å². The van der Waals surface area contributed by atoms with Crippen LogP contribution in [0.1, 0.15) is 12.8 Å². The zero-order chi connectivity index (χ0) is 18.8. The summed E-state index contributed by atoms with van der Waals surface area (Å²) < 4.78 is 10.9. The molecule has 1 unspecified atom stereocenters. The lowest BCUT2D eigenvalue weighted by molar-refractivity contribution is 0.238. The molecule has 2 aliphatic rings. The number of ether oxygens (including phenoxy) is 2. The quantitative estimate of drug-likeness (QED) is 0.697. The van der Waals surface area contributed by atoms with E-state index in [2.05, 4.69) is 15.5 Å². The lowest BCUT2D eigenvalue weighted by atomic mass is 10.1. The number of hydrogen-bond acceptors (Lipinski definition) is 8. The molecule has 8 nitrogen and oxygen atoms in total. The number of fused-ring (bicyclic) bond motifs is 1. The zero-order valence-corrected chi connectivity index (χ0v) is 15.9. The number of hydrogen-bond donors (Lipinski definition) is 3. The van der Waals surface area contributed by atoms with Gasteiger partial charge >= 0.3 is 0 Å². The molecular formula is C19H27N5O3. The first-order valence-corrected chi connectivity index (χ1v) is 9.48. The van der Waals surface area contributed by atoms with Gasteiger partial charge in [0.15, 0.2) is 11.5 Å². The Balaban J connectivity index is 1.77. The molecule has 146 valence electrons. The smallest absolute Gasteiger partial charge is 0.227 e. The fourth-order valence-corrected chi connectivity index (χ4v) is 3.83. The zero-order valence-electron chi connectivity index (χ0n) is 15.9. The number of aliphatic hydroxyl groups excluding tert-OH is 1. The van der Waals surface area contributed by atoms with Gasteiger partial charge in [0.05, 0.1) is 19.7 Å². The summed E-state index contributed by atoms with van der Waals surface area (Å²) in [7, 11) is 3.26. The third-order valence-corrected chi connectivity index (χ3v) is 5.42. The second kappa shape index (κ2) is 7.74. The Morgan fingerprint density at radius 1 is 1.22 bits per heavy atom. The van der Waals surface area contributed by atoms with Gasteiger partial charge in [0.1, 0.15) is 5.82 Å². The molecule has 2 atom stereocenters. The number of nitrogens with one attached hydrogen (secondary N) is 2. The van der Waals surface area contributed by atoms with Gasteiger partial charge in [0.2, 0.25) is 5.95 Å². The molecule has 1 aromatic carbocycles. The van der Waals surface area contributed by atoms with Gasteiger partial charge in [-0.05, 0) is 25.5 Å². The van der Waals surface area contributed by atoms with E-state index in [4.69, 9.17) is 19.4 Å². The summed E-state index contributed by atoms with van der Waals surface area (Å²) in [6, 6.07) is 4.17. The monoisotopic (exact) mass is 373 g/mol. The highest BCUT2D eigenvalue weighted by Crippen LogP contribution is 2.36. The van der Waals surface area contributed by atoms with Crippen molar-refractivity contribution < 1.29 is 14.6 Å². The van der Waals surface area contributed by atoms with Crippen molar-refractivity contribution in [1.29, 1.82) is 0 Å². The molecule has 0 aliphatic carbocycles. The molecule has 4 rings (SSSR count). The van der Waals surface area contributed by atoms with Crippen LogP contribution in [0, 0.1) is 5.92 Å². The minimum atomic E-state index is 0.202. The highest BCUT2D eigenvalue weighted by Gasteiger charge is 2.26. The van der Waals surface area contributed by atoms with Gasteiger partial charge in [-0.2, -0.15) is 4.98 Å². The Morgan fingerprint density at radius 3 is 2.70 bits per heavy atom. The molecule has 0 saturated carbocycles. The molecule has 27 heavy (non-hydrogen) atoms. The summed E-state index contributed by atoms with van der Waals surface area (Å²) in [6.07, 6.45) is 2.02. The minimum Gasteiger partial charge on any atom is -0.493 e. The molecule has 0 radical (unpaired) electrons. The molecule has 0 bridgehead atoms. The minimum absolute atomic E-state index is 0.202. The second-order valence-corrected chi connectivity index (χ2v) is 7.21. The Kier molecular flexibility index (Phi) is 5.18. The maximum absolute atomic E-state index is 9.46. The molecule has 0 spiro atoms. The van der Waals surface area contributed by atoms with Gasteiger partial charge in [-0.15, -0.1) is 0 Å². The molecular weight excluding hydrogens is 346 g/mol. The van der Waals surface area contributed by atoms with Crippen LogP contribution >= 0.6 is 0 Å². The van der Waals surface area contributed by atoms with E-state index in [1.165, 1.54) is 0 Å². The summed E-state index contributed by atoms with van der Waals surface area (Å²) in [5.41, 5.74) is 0.818. The van der Waals surface area contributed by atoms with Crippen LogP contribution in [0.15, 0.2) is 12.1 Å². The van der Waals surface area contributed by atoms with E-state index in [9.17, 15) is 5.11 Å². The van der Waals surface area contributed by atoms with E-state index in [1.54, 1.807) is 14.2 Å². The van der Waals surface area contributed by atoms with Gasteiger partial charge in [-0.3, -0.25) is 0 Å². The molecule has 3 heterocycles. The third-order valence-electron chi connectivity index (χ3n) is 5.42. The van der Waals surface area contributed by atoms with Crippen molar-refractivity contribution in [2.24, 2.45) is 5.92 Å². The number of rotatable bonds is 6. The maximum atomic E-state index is 9.46. The Bertz CT molecular complexity index is 810. The SMILES string of the molecule is COc1cc2nc(N3CCC(CO)C3)nc(N[C@H]3CCNC3)c2cc1OC. The molecule has 2 saturated heterocycles. The van der Waals surface area contributed by atoms with E-state index in [1.807, 2.05) is 12.1 Å². The number of anilines is 2. The normalized spacial score (nSPS) is 22.4. The fourth-order valence-electron chi connectivity index (χ4n) is 3.83. The molecule has 3 N–H and O–H groups in total. The van der Waals surface area contributed by atoms with E-state index >= 15 is 0 Å². The highest BCUT2D eigenvalue weighted by atomic mass is 16.5. The van der Waals surface area contributed by atoms with Crippen LogP contribution in [-0.2, 0) is 0 Å². The van der Waals surface area contributed by atoms with E-state index < -0.39 is 0 Å². The maximum Gasteiger partial charge on any atom is 0.227 e.